The number of para-hydroxylation sites is 1. The molecule has 0 bridgehead atoms. The van der Waals surface area contributed by atoms with Gasteiger partial charge < -0.3 is 0 Å². The molecule has 148 valence electrons. The fraction of sp³-hybridized carbons (Fsp3) is 0.273. The lowest BCUT2D eigenvalue weighted by Crippen LogP contribution is -2.40. The van der Waals surface area contributed by atoms with Gasteiger partial charge in [0, 0.05) is 18.2 Å². The number of nitro groups is 1. The summed E-state index contributed by atoms with van der Waals surface area (Å²) in [6.45, 7) is 0. The lowest BCUT2D eigenvalue weighted by molar-refractivity contribution is -0.384. The van der Waals surface area contributed by atoms with E-state index in [1.807, 2.05) is 35.2 Å². The second kappa shape index (κ2) is 8.61. The summed E-state index contributed by atoms with van der Waals surface area (Å²) < 4.78 is 0. The molecule has 1 saturated carbocycles. The Kier molecular flexibility index (Phi) is 5.76. The van der Waals surface area contributed by atoms with Gasteiger partial charge in [0.05, 0.1) is 15.5 Å². The molecule has 2 aromatic rings. The lowest BCUT2D eigenvalue weighted by atomic mass is 9.94. The fourth-order valence-corrected chi connectivity index (χ4v) is 4.74. The summed E-state index contributed by atoms with van der Waals surface area (Å²) in [7, 11) is 0. The second-order valence-corrected chi connectivity index (χ2v) is 8.17. The Hall–Kier alpha value is -2.93. The van der Waals surface area contributed by atoms with Gasteiger partial charge in [-0.05, 0) is 60.5 Å². The first-order valence-corrected chi connectivity index (χ1v) is 10.5. The van der Waals surface area contributed by atoms with Gasteiger partial charge in [0.15, 0.2) is 5.17 Å². The summed E-state index contributed by atoms with van der Waals surface area (Å²) in [5, 5.41) is 11.6. The Morgan fingerprint density at radius 3 is 2.38 bits per heavy atom. The van der Waals surface area contributed by atoms with Crippen molar-refractivity contribution < 1.29 is 9.72 Å². The zero-order valence-corrected chi connectivity index (χ0v) is 16.7. The fourth-order valence-electron chi connectivity index (χ4n) is 3.68. The van der Waals surface area contributed by atoms with Crippen LogP contribution in [0.2, 0.25) is 0 Å². The molecule has 0 N–H and O–H groups in total. The van der Waals surface area contributed by atoms with Gasteiger partial charge in [-0.3, -0.25) is 19.8 Å². The molecule has 0 radical (unpaired) electrons. The molecule has 1 heterocycles. The Morgan fingerprint density at radius 2 is 1.72 bits per heavy atom. The van der Waals surface area contributed by atoms with Crippen LogP contribution < -0.4 is 0 Å². The average molecular weight is 407 g/mol. The highest BCUT2D eigenvalue weighted by Gasteiger charge is 2.38. The van der Waals surface area contributed by atoms with E-state index in [4.69, 9.17) is 4.99 Å². The number of nitro benzene ring substituents is 1. The SMILES string of the molecule is O=C1/C(=C/c2ccc([N+](=O)[O-])cc2)SC(=Nc2ccccc2)N1C1CCCCC1. The van der Waals surface area contributed by atoms with Crippen LogP contribution in [0, 0.1) is 10.1 Å². The summed E-state index contributed by atoms with van der Waals surface area (Å²) in [6.07, 6.45) is 7.23. The molecule has 6 nitrogen and oxygen atoms in total. The van der Waals surface area contributed by atoms with Crippen LogP contribution in [0.3, 0.4) is 0 Å². The number of thioether (sulfide) groups is 1. The number of carbonyl (C=O) groups is 1. The molecule has 7 heteroatoms. The van der Waals surface area contributed by atoms with Crippen molar-refractivity contribution >= 4 is 40.3 Å². The van der Waals surface area contributed by atoms with Crippen molar-refractivity contribution in [1.29, 1.82) is 0 Å². The third-order valence-corrected chi connectivity index (χ3v) is 6.14. The van der Waals surface area contributed by atoms with E-state index in [0.717, 1.165) is 36.9 Å². The van der Waals surface area contributed by atoms with Crippen LogP contribution in [0.25, 0.3) is 6.08 Å². The molecular formula is C22H21N3O3S. The van der Waals surface area contributed by atoms with Gasteiger partial charge in [0.2, 0.25) is 0 Å². The molecule has 0 atom stereocenters. The predicted molar refractivity (Wildman–Crippen MR) is 116 cm³/mol. The summed E-state index contributed by atoms with van der Waals surface area (Å²) in [4.78, 5) is 30.9. The standard InChI is InChI=1S/C22H21N3O3S/c26-21-20(15-16-11-13-19(14-12-16)25(27)28)29-22(23-17-7-3-1-4-8-17)24(21)18-9-5-2-6-10-18/h1,3-4,7-8,11-15,18H,2,5-6,9-10H2/b20-15-,23-22?. The van der Waals surface area contributed by atoms with Gasteiger partial charge in [-0.2, -0.15) is 0 Å². The van der Waals surface area contributed by atoms with Crippen LogP contribution >= 0.6 is 11.8 Å². The second-order valence-electron chi connectivity index (χ2n) is 7.16. The van der Waals surface area contributed by atoms with Gasteiger partial charge in [-0.1, -0.05) is 37.5 Å². The molecule has 0 aromatic heterocycles. The topological polar surface area (TPSA) is 75.8 Å². The van der Waals surface area contributed by atoms with Crippen molar-refractivity contribution in [3.63, 3.8) is 0 Å². The van der Waals surface area contributed by atoms with E-state index in [1.54, 1.807) is 18.2 Å². The highest BCUT2D eigenvalue weighted by atomic mass is 32.2. The van der Waals surface area contributed by atoms with Crippen molar-refractivity contribution in [3.05, 3.63) is 75.2 Å². The Morgan fingerprint density at radius 1 is 1.03 bits per heavy atom. The maximum atomic E-state index is 13.2. The minimum absolute atomic E-state index is 0.0325. The third kappa shape index (κ3) is 4.40. The number of benzene rings is 2. The number of amides is 1. The first-order valence-electron chi connectivity index (χ1n) is 9.73. The minimum Gasteiger partial charge on any atom is -0.283 e. The first-order chi connectivity index (χ1) is 14.1. The quantitative estimate of drug-likeness (QED) is 0.379. The summed E-state index contributed by atoms with van der Waals surface area (Å²) in [6, 6.07) is 16.1. The maximum Gasteiger partial charge on any atom is 0.269 e. The monoisotopic (exact) mass is 407 g/mol. The number of rotatable bonds is 4. The van der Waals surface area contributed by atoms with Gasteiger partial charge >= 0.3 is 0 Å². The number of non-ortho nitro benzene ring substituents is 1. The molecule has 1 aliphatic heterocycles. The Bertz CT molecular complexity index is 965. The normalized spacial score (nSPS) is 20.6. The van der Waals surface area contributed by atoms with E-state index >= 15 is 0 Å². The zero-order valence-electron chi connectivity index (χ0n) is 15.9. The van der Waals surface area contributed by atoms with E-state index in [2.05, 4.69) is 0 Å². The van der Waals surface area contributed by atoms with E-state index in [1.165, 1.54) is 30.3 Å². The molecule has 2 aliphatic rings. The number of nitrogens with zero attached hydrogens (tertiary/aromatic N) is 3. The Labute approximate surface area is 173 Å². The number of hydrogen-bond donors (Lipinski definition) is 0. The van der Waals surface area contributed by atoms with Crippen LogP contribution in [0.15, 0.2) is 64.5 Å². The number of aliphatic imine (C=N–C) groups is 1. The number of carbonyl (C=O) groups excluding carboxylic acids is 1. The molecule has 1 aliphatic carbocycles. The van der Waals surface area contributed by atoms with Gasteiger partial charge in [-0.15, -0.1) is 0 Å². The minimum atomic E-state index is -0.429. The highest BCUT2D eigenvalue weighted by Crippen LogP contribution is 2.38. The smallest absolute Gasteiger partial charge is 0.269 e. The van der Waals surface area contributed by atoms with E-state index < -0.39 is 4.92 Å². The molecule has 29 heavy (non-hydrogen) atoms. The molecular weight excluding hydrogens is 386 g/mol. The van der Waals surface area contributed by atoms with Crippen molar-refractivity contribution in [2.24, 2.45) is 4.99 Å². The largest absolute Gasteiger partial charge is 0.283 e. The van der Waals surface area contributed by atoms with Crippen molar-refractivity contribution in [1.82, 2.24) is 4.90 Å². The van der Waals surface area contributed by atoms with Crippen molar-refractivity contribution in [3.8, 4) is 0 Å². The Balaban J connectivity index is 1.66. The number of amidine groups is 1. The van der Waals surface area contributed by atoms with Crippen LogP contribution in [-0.4, -0.2) is 26.9 Å². The molecule has 2 fully saturated rings. The van der Waals surface area contributed by atoms with Crippen LogP contribution in [-0.2, 0) is 4.79 Å². The molecule has 0 unspecified atom stereocenters. The predicted octanol–water partition coefficient (Wildman–Crippen LogP) is 5.53. The number of hydrogen-bond acceptors (Lipinski definition) is 5. The summed E-state index contributed by atoms with van der Waals surface area (Å²) in [5.41, 5.74) is 1.61. The van der Waals surface area contributed by atoms with Crippen molar-refractivity contribution in [2.75, 3.05) is 0 Å². The summed E-state index contributed by atoms with van der Waals surface area (Å²) >= 11 is 1.37. The van der Waals surface area contributed by atoms with Crippen LogP contribution in [0.5, 0.6) is 0 Å². The van der Waals surface area contributed by atoms with Crippen LogP contribution in [0.4, 0.5) is 11.4 Å². The maximum absolute atomic E-state index is 13.2. The van der Waals surface area contributed by atoms with Gasteiger partial charge in [0.1, 0.15) is 0 Å². The van der Waals surface area contributed by atoms with Crippen LogP contribution in [0.1, 0.15) is 37.7 Å². The van der Waals surface area contributed by atoms with Gasteiger partial charge in [0.25, 0.3) is 11.6 Å². The van der Waals surface area contributed by atoms with E-state index in [-0.39, 0.29) is 17.6 Å². The molecule has 2 aromatic carbocycles. The molecule has 1 amide bonds. The first kappa shape index (κ1) is 19.4. The van der Waals surface area contributed by atoms with Crippen molar-refractivity contribution in [2.45, 2.75) is 38.1 Å². The average Bonchev–Trinajstić information content (AvgIpc) is 3.04. The zero-order chi connectivity index (χ0) is 20.2. The molecule has 1 saturated heterocycles. The van der Waals surface area contributed by atoms with Gasteiger partial charge in [-0.25, -0.2) is 4.99 Å². The third-order valence-electron chi connectivity index (χ3n) is 5.16. The molecule has 4 rings (SSSR count). The van der Waals surface area contributed by atoms with E-state index in [0.29, 0.717) is 10.1 Å². The lowest BCUT2D eigenvalue weighted by Gasteiger charge is -2.30. The summed E-state index contributed by atoms with van der Waals surface area (Å²) in [5.74, 6) is -0.0325. The molecule has 0 spiro atoms. The highest BCUT2D eigenvalue weighted by molar-refractivity contribution is 8.18. The van der Waals surface area contributed by atoms with E-state index in [9.17, 15) is 14.9 Å².